The predicted octanol–water partition coefficient (Wildman–Crippen LogP) is 2.44. The van der Waals surface area contributed by atoms with Crippen LogP contribution in [0.3, 0.4) is 0 Å². The van der Waals surface area contributed by atoms with Gasteiger partial charge in [-0.05, 0) is 38.5 Å². The van der Waals surface area contributed by atoms with Gasteiger partial charge in [0.25, 0.3) is 6.36 Å². The van der Waals surface area contributed by atoms with Gasteiger partial charge in [0.15, 0.2) is 0 Å². The molecule has 0 aromatic rings. The van der Waals surface area contributed by atoms with Crippen LogP contribution in [0.25, 0.3) is 0 Å². The first-order chi connectivity index (χ1) is 7.13. The SMILES string of the molecule is CCOC(=O)C(F)OC1CCC(C)CC1. The second kappa shape index (κ2) is 6.05. The Morgan fingerprint density at radius 1 is 1.40 bits per heavy atom. The summed E-state index contributed by atoms with van der Waals surface area (Å²) in [6.45, 7) is 4.01. The van der Waals surface area contributed by atoms with Gasteiger partial charge in [-0.2, -0.15) is 0 Å². The van der Waals surface area contributed by atoms with Crippen LogP contribution in [0.4, 0.5) is 4.39 Å². The van der Waals surface area contributed by atoms with Crippen LogP contribution in [0.15, 0.2) is 0 Å². The van der Waals surface area contributed by atoms with E-state index in [0.29, 0.717) is 5.92 Å². The molecular weight excluding hydrogens is 199 g/mol. The third-order valence-electron chi connectivity index (χ3n) is 2.75. The minimum Gasteiger partial charge on any atom is -0.462 e. The molecule has 1 fully saturated rings. The first-order valence-corrected chi connectivity index (χ1v) is 5.59. The van der Waals surface area contributed by atoms with E-state index >= 15 is 0 Å². The second-order valence-corrected chi connectivity index (χ2v) is 4.09. The molecule has 0 heterocycles. The van der Waals surface area contributed by atoms with Crippen molar-refractivity contribution in [2.24, 2.45) is 5.92 Å². The van der Waals surface area contributed by atoms with Gasteiger partial charge in [0, 0.05) is 0 Å². The molecule has 0 amide bonds. The van der Waals surface area contributed by atoms with E-state index in [-0.39, 0.29) is 12.7 Å². The van der Waals surface area contributed by atoms with E-state index in [9.17, 15) is 9.18 Å². The normalized spacial score (nSPS) is 28.5. The zero-order valence-electron chi connectivity index (χ0n) is 9.37. The molecular formula is C11H19FO3. The summed E-state index contributed by atoms with van der Waals surface area (Å²) < 4.78 is 22.7. The van der Waals surface area contributed by atoms with Gasteiger partial charge in [-0.3, -0.25) is 0 Å². The summed E-state index contributed by atoms with van der Waals surface area (Å²) in [5, 5.41) is 0. The molecule has 1 aliphatic rings. The monoisotopic (exact) mass is 218 g/mol. The molecule has 3 nitrogen and oxygen atoms in total. The Bertz CT molecular complexity index is 200. The zero-order chi connectivity index (χ0) is 11.3. The highest BCUT2D eigenvalue weighted by atomic mass is 19.1. The first-order valence-electron chi connectivity index (χ1n) is 5.59. The minimum absolute atomic E-state index is 0.124. The Morgan fingerprint density at radius 2 is 2.00 bits per heavy atom. The summed E-state index contributed by atoms with van der Waals surface area (Å²) in [6, 6.07) is 0. The topological polar surface area (TPSA) is 35.5 Å². The molecule has 0 aromatic carbocycles. The average molecular weight is 218 g/mol. The third kappa shape index (κ3) is 4.16. The summed E-state index contributed by atoms with van der Waals surface area (Å²) in [5.41, 5.74) is 0. The van der Waals surface area contributed by atoms with Gasteiger partial charge in [-0.25, -0.2) is 9.18 Å². The molecule has 4 heteroatoms. The molecule has 0 bridgehead atoms. The predicted molar refractivity (Wildman–Crippen MR) is 54.0 cm³/mol. The molecule has 1 atom stereocenters. The summed E-state index contributed by atoms with van der Waals surface area (Å²) >= 11 is 0. The number of halogens is 1. The molecule has 0 aliphatic heterocycles. The molecule has 0 radical (unpaired) electrons. The quantitative estimate of drug-likeness (QED) is 0.680. The van der Waals surface area contributed by atoms with Crippen LogP contribution in [-0.4, -0.2) is 25.0 Å². The fourth-order valence-corrected chi connectivity index (χ4v) is 1.80. The van der Waals surface area contributed by atoms with Gasteiger partial charge in [-0.15, -0.1) is 0 Å². The van der Waals surface area contributed by atoms with Gasteiger partial charge >= 0.3 is 5.97 Å². The van der Waals surface area contributed by atoms with Gasteiger partial charge in [-0.1, -0.05) is 6.92 Å². The van der Waals surface area contributed by atoms with Crippen molar-refractivity contribution in [2.75, 3.05) is 6.61 Å². The number of ether oxygens (including phenoxy) is 2. The lowest BCUT2D eigenvalue weighted by molar-refractivity contribution is -0.178. The second-order valence-electron chi connectivity index (χ2n) is 4.09. The molecule has 1 aliphatic carbocycles. The Kier molecular flexibility index (Phi) is 5.02. The van der Waals surface area contributed by atoms with Crippen LogP contribution in [0, 0.1) is 5.92 Å². The van der Waals surface area contributed by atoms with Crippen molar-refractivity contribution in [3.05, 3.63) is 0 Å². The van der Waals surface area contributed by atoms with E-state index in [2.05, 4.69) is 11.7 Å². The van der Waals surface area contributed by atoms with E-state index in [1.807, 2.05) is 0 Å². The van der Waals surface area contributed by atoms with Gasteiger partial charge in [0.2, 0.25) is 0 Å². The van der Waals surface area contributed by atoms with Crippen molar-refractivity contribution in [3.63, 3.8) is 0 Å². The summed E-state index contributed by atoms with van der Waals surface area (Å²) in [6.07, 6.45) is 1.71. The van der Waals surface area contributed by atoms with Crippen LogP contribution >= 0.6 is 0 Å². The number of carbonyl (C=O) groups excluding carboxylic acids is 1. The average Bonchev–Trinajstić information content (AvgIpc) is 2.22. The van der Waals surface area contributed by atoms with E-state index in [1.54, 1.807) is 6.92 Å². The maximum Gasteiger partial charge on any atom is 0.368 e. The Labute approximate surface area is 89.9 Å². The molecule has 1 rings (SSSR count). The van der Waals surface area contributed by atoms with E-state index in [1.165, 1.54) is 0 Å². The van der Waals surface area contributed by atoms with Gasteiger partial charge in [0.05, 0.1) is 12.7 Å². The number of hydrogen-bond donors (Lipinski definition) is 0. The minimum atomic E-state index is -1.91. The van der Waals surface area contributed by atoms with Crippen LogP contribution in [0.5, 0.6) is 0 Å². The van der Waals surface area contributed by atoms with E-state index in [4.69, 9.17) is 4.74 Å². The molecule has 1 unspecified atom stereocenters. The largest absolute Gasteiger partial charge is 0.462 e. The molecule has 0 N–H and O–H groups in total. The van der Waals surface area contributed by atoms with Gasteiger partial charge in [0.1, 0.15) is 0 Å². The maximum absolute atomic E-state index is 13.2. The number of hydrogen-bond acceptors (Lipinski definition) is 3. The lowest BCUT2D eigenvalue weighted by atomic mass is 9.89. The lowest BCUT2D eigenvalue weighted by Gasteiger charge is -2.26. The van der Waals surface area contributed by atoms with Crippen molar-refractivity contribution in [1.82, 2.24) is 0 Å². The van der Waals surface area contributed by atoms with Crippen molar-refractivity contribution in [2.45, 2.75) is 52.0 Å². The standard InChI is InChI=1S/C11H19FO3/c1-3-14-11(13)10(12)15-9-6-4-8(2)5-7-9/h8-10H,3-7H2,1-2H3. The molecule has 0 aromatic heterocycles. The van der Waals surface area contributed by atoms with E-state index in [0.717, 1.165) is 25.7 Å². The highest BCUT2D eigenvalue weighted by molar-refractivity contribution is 5.72. The van der Waals surface area contributed by atoms with Crippen molar-refractivity contribution < 1.29 is 18.7 Å². The number of rotatable bonds is 4. The Hall–Kier alpha value is -0.640. The Balaban J connectivity index is 2.25. The fraction of sp³-hybridized carbons (Fsp3) is 0.909. The maximum atomic E-state index is 13.2. The molecule has 0 saturated heterocycles. The van der Waals surface area contributed by atoms with Crippen molar-refractivity contribution in [1.29, 1.82) is 0 Å². The van der Waals surface area contributed by atoms with Crippen LogP contribution < -0.4 is 0 Å². The van der Waals surface area contributed by atoms with Crippen molar-refractivity contribution >= 4 is 5.97 Å². The van der Waals surface area contributed by atoms with E-state index < -0.39 is 12.3 Å². The van der Waals surface area contributed by atoms with Crippen LogP contribution in [0.2, 0.25) is 0 Å². The number of carbonyl (C=O) groups is 1. The zero-order valence-corrected chi connectivity index (χ0v) is 9.37. The first kappa shape index (κ1) is 12.4. The highest BCUT2D eigenvalue weighted by Crippen LogP contribution is 2.26. The highest BCUT2D eigenvalue weighted by Gasteiger charge is 2.26. The number of alkyl halides is 1. The van der Waals surface area contributed by atoms with Crippen molar-refractivity contribution in [3.8, 4) is 0 Å². The lowest BCUT2D eigenvalue weighted by Crippen LogP contribution is -2.30. The van der Waals surface area contributed by atoms with Gasteiger partial charge < -0.3 is 9.47 Å². The smallest absolute Gasteiger partial charge is 0.368 e. The summed E-state index contributed by atoms with van der Waals surface area (Å²) in [4.78, 5) is 11.0. The van der Waals surface area contributed by atoms with Crippen LogP contribution in [0.1, 0.15) is 39.5 Å². The number of esters is 1. The molecule has 15 heavy (non-hydrogen) atoms. The molecule has 0 spiro atoms. The summed E-state index contributed by atoms with van der Waals surface area (Å²) in [7, 11) is 0. The Morgan fingerprint density at radius 3 is 2.53 bits per heavy atom. The summed E-state index contributed by atoms with van der Waals surface area (Å²) in [5.74, 6) is -0.221. The fourth-order valence-electron chi connectivity index (χ4n) is 1.80. The third-order valence-corrected chi connectivity index (χ3v) is 2.75. The molecule has 88 valence electrons. The van der Waals surface area contributed by atoms with Crippen LogP contribution in [-0.2, 0) is 14.3 Å². The molecule has 1 saturated carbocycles.